The maximum absolute atomic E-state index is 13.6. The van der Waals surface area contributed by atoms with Crippen molar-refractivity contribution in [1.82, 2.24) is 0 Å². The number of ether oxygens (including phenoxy) is 1. The molecule has 3 aromatic rings. The van der Waals surface area contributed by atoms with Crippen LogP contribution in [0.5, 0.6) is 5.75 Å². The average molecular weight is 501 g/mol. The van der Waals surface area contributed by atoms with Crippen LogP contribution in [0.1, 0.15) is 49.2 Å². The summed E-state index contributed by atoms with van der Waals surface area (Å²) >= 11 is 3.39. The van der Waals surface area contributed by atoms with Crippen molar-refractivity contribution in [3.63, 3.8) is 0 Å². The van der Waals surface area contributed by atoms with Crippen molar-refractivity contribution in [2.75, 3.05) is 13.2 Å². The lowest BCUT2D eigenvalue weighted by Gasteiger charge is -2.30. The highest BCUT2D eigenvalue weighted by Gasteiger charge is 2.28. The number of hydrogen-bond acceptors (Lipinski definition) is 5. The van der Waals surface area contributed by atoms with Crippen LogP contribution >= 0.6 is 15.9 Å². The van der Waals surface area contributed by atoms with Gasteiger partial charge >= 0.3 is 5.97 Å². The molecule has 2 heterocycles. The minimum Gasteiger partial charge on any atom is -0.507 e. The van der Waals surface area contributed by atoms with Gasteiger partial charge in [-0.3, -0.25) is 4.79 Å². The summed E-state index contributed by atoms with van der Waals surface area (Å²) in [5, 5.41) is 11.0. The molecule has 1 aliphatic rings. The van der Waals surface area contributed by atoms with Crippen LogP contribution < -0.4 is 10.3 Å². The Morgan fingerprint density at radius 1 is 1.22 bits per heavy atom. The molecule has 0 radical (unpaired) electrons. The number of quaternary nitrogens is 1. The fourth-order valence-corrected chi connectivity index (χ4v) is 4.70. The number of carbonyl (C=O) groups excluding carboxylic acids is 1. The number of piperidine rings is 1. The predicted octanol–water partition coefficient (Wildman–Crippen LogP) is 4.06. The van der Waals surface area contributed by atoms with Crippen molar-refractivity contribution < 1.29 is 24.0 Å². The number of esters is 1. The molecule has 0 saturated carbocycles. The summed E-state index contributed by atoms with van der Waals surface area (Å²) in [5.74, 6) is -0.769. The number of phenols is 1. The van der Waals surface area contributed by atoms with Gasteiger partial charge in [-0.05, 0) is 62.9 Å². The van der Waals surface area contributed by atoms with E-state index < -0.39 is 5.97 Å². The Bertz CT molecular complexity index is 1200. The van der Waals surface area contributed by atoms with Crippen molar-refractivity contribution in [2.24, 2.45) is 0 Å². The summed E-state index contributed by atoms with van der Waals surface area (Å²) in [6, 6.07) is 10.7. The van der Waals surface area contributed by atoms with Gasteiger partial charge in [0.05, 0.1) is 35.7 Å². The first-order valence-corrected chi connectivity index (χ1v) is 11.8. The number of halogens is 1. The monoisotopic (exact) mass is 500 g/mol. The molecule has 1 unspecified atom stereocenters. The van der Waals surface area contributed by atoms with E-state index in [-0.39, 0.29) is 34.7 Å². The third kappa shape index (κ3) is 4.32. The molecule has 0 spiro atoms. The summed E-state index contributed by atoms with van der Waals surface area (Å²) in [6.45, 7) is 5.57. The standard InChI is InChI=1S/C25H26BrNO5/c1-3-31-25(30)24-21(16-7-9-17(26)10-8-16)22(29)18-11-12-20(28)19(23(18)32-24)14-27-13-5-4-6-15(27)2/h7-12,15,28H,3-6,13-14H2,1-2H3/p+1/t15-/m1/s1. The van der Waals surface area contributed by atoms with Crippen molar-refractivity contribution >= 4 is 32.9 Å². The maximum Gasteiger partial charge on any atom is 0.375 e. The number of carbonyl (C=O) groups is 1. The molecule has 0 aliphatic carbocycles. The van der Waals surface area contributed by atoms with Crippen LogP contribution in [0.25, 0.3) is 22.1 Å². The first-order chi connectivity index (χ1) is 15.4. The highest BCUT2D eigenvalue weighted by molar-refractivity contribution is 9.10. The Balaban J connectivity index is 1.94. The van der Waals surface area contributed by atoms with E-state index in [1.807, 2.05) is 0 Å². The van der Waals surface area contributed by atoms with Gasteiger partial charge in [0, 0.05) is 4.47 Å². The van der Waals surface area contributed by atoms with Crippen molar-refractivity contribution in [1.29, 1.82) is 0 Å². The summed E-state index contributed by atoms with van der Waals surface area (Å²) in [6.07, 6.45) is 3.44. The van der Waals surface area contributed by atoms with E-state index in [0.717, 1.165) is 23.9 Å². The van der Waals surface area contributed by atoms with E-state index in [1.54, 1.807) is 37.3 Å². The highest BCUT2D eigenvalue weighted by atomic mass is 79.9. The molecule has 1 aliphatic heterocycles. The Hall–Kier alpha value is -2.64. The molecule has 7 heteroatoms. The molecule has 2 atom stereocenters. The Morgan fingerprint density at radius 3 is 2.66 bits per heavy atom. The number of aromatic hydroxyl groups is 1. The van der Waals surface area contributed by atoms with Crippen LogP contribution in [0.15, 0.2) is 50.1 Å². The first-order valence-electron chi connectivity index (χ1n) is 11.0. The van der Waals surface area contributed by atoms with Crippen molar-refractivity contribution in [3.05, 3.63) is 62.4 Å². The zero-order chi connectivity index (χ0) is 22.8. The van der Waals surface area contributed by atoms with Crippen LogP contribution in [0, 0.1) is 0 Å². The third-order valence-corrected chi connectivity index (χ3v) is 6.75. The third-order valence-electron chi connectivity index (χ3n) is 6.22. The van der Waals surface area contributed by atoms with Crippen LogP contribution in [-0.2, 0) is 11.3 Å². The molecule has 168 valence electrons. The summed E-state index contributed by atoms with van der Waals surface area (Å²) in [7, 11) is 0. The summed E-state index contributed by atoms with van der Waals surface area (Å²) < 4.78 is 12.2. The lowest BCUT2D eigenvalue weighted by molar-refractivity contribution is -0.941. The largest absolute Gasteiger partial charge is 0.507 e. The van der Waals surface area contributed by atoms with E-state index >= 15 is 0 Å². The summed E-state index contributed by atoms with van der Waals surface area (Å²) in [4.78, 5) is 27.7. The maximum atomic E-state index is 13.6. The Kier molecular flexibility index (Phi) is 6.67. The lowest BCUT2D eigenvalue weighted by Crippen LogP contribution is -3.14. The van der Waals surface area contributed by atoms with E-state index in [9.17, 15) is 14.7 Å². The number of likely N-dealkylation sites (tertiary alicyclic amines) is 1. The van der Waals surface area contributed by atoms with Gasteiger partial charge in [-0.2, -0.15) is 0 Å². The average Bonchev–Trinajstić information content (AvgIpc) is 2.78. The second-order valence-corrected chi connectivity index (χ2v) is 9.20. The minimum absolute atomic E-state index is 0.0668. The molecule has 1 saturated heterocycles. The molecule has 0 amide bonds. The quantitative estimate of drug-likeness (QED) is 0.516. The number of phenolic OH excluding ortho intramolecular Hbond substituents is 1. The second kappa shape index (κ2) is 9.46. The van der Waals surface area contributed by atoms with E-state index in [1.165, 1.54) is 17.4 Å². The molecular weight excluding hydrogens is 474 g/mol. The van der Waals surface area contributed by atoms with Gasteiger partial charge in [0.2, 0.25) is 11.2 Å². The minimum atomic E-state index is -0.697. The Labute approximate surface area is 194 Å². The molecule has 2 aromatic carbocycles. The van der Waals surface area contributed by atoms with Crippen molar-refractivity contribution in [2.45, 2.75) is 45.7 Å². The lowest BCUT2D eigenvalue weighted by atomic mass is 9.99. The van der Waals surface area contributed by atoms with E-state index in [4.69, 9.17) is 9.15 Å². The van der Waals surface area contributed by atoms with E-state index in [0.29, 0.717) is 29.1 Å². The molecule has 4 rings (SSSR count). The highest BCUT2D eigenvalue weighted by Crippen LogP contribution is 2.31. The van der Waals surface area contributed by atoms with Gasteiger partial charge in [0.15, 0.2) is 5.58 Å². The van der Waals surface area contributed by atoms with Crippen molar-refractivity contribution in [3.8, 4) is 16.9 Å². The molecule has 2 N–H and O–H groups in total. The van der Waals surface area contributed by atoms with E-state index in [2.05, 4.69) is 22.9 Å². The molecule has 1 fully saturated rings. The normalized spacial score (nSPS) is 18.6. The Morgan fingerprint density at radius 2 is 1.97 bits per heavy atom. The van der Waals surface area contributed by atoms with Gasteiger partial charge in [-0.15, -0.1) is 0 Å². The zero-order valence-corrected chi connectivity index (χ0v) is 19.8. The van der Waals surface area contributed by atoms with Gasteiger partial charge < -0.3 is 19.2 Å². The van der Waals surface area contributed by atoms with Crippen LogP contribution in [0.4, 0.5) is 0 Å². The molecular formula is C25H27BrNO5+. The van der Waals surface area contributed by atoms with Gasteiger partial charge in [0.25, 0.3) is 0 Å². The summed E-state index contributed by atoms with van der Waals surface area (Å²) in [5.41, 5.74) is 1.22. The fraction of sp³-hybridized carbons (Fsp3) is 0.360. The number of rotatable bonds is 5. The predicted molar refractivity (Wildman–Crippen MR) is 126 cm³/mol. The van der Waals surface area contributed by atoms with Crippen LogP contribution in [-0.4, -0.2) is 30.3 Å². The smallest absolute Gasteiger partial charge is 0.375 e. The topological polar surface area (TPSA) is 81.2 Å². The molecule has 32 heavy (non-hydrogen) atoms. The second-order valence-electron chi connectivity index (χ2n) is 8.28. The molecule has 1 aromatic heterocycles. The van der Waals surface area contributed by atoms with Crippen LogP contribution in [0.3, 0.4) is 0 Å². The zero-order valence-electron chi connectivity index (χ0n) is 18.2. The van der Waals surface area contributed by atoms with Gasteiger partial charge in [-0.25, -0.2) is 4.79 Å². The number of hydrogen-bond donors (Lipinski definition) is 2. The molecule has 0 bridgehead atoms. The van der Waals surface area contributed by atoms with Crippen LogP contribution in [0.2, 0.25) is 0 Å². The fourth-order valence-electron chi connectivity index (χ4n) is 4.44. The number of benzene rings is 2. The first kappa shape index (κ1) is 22.6. The molecule has 6 nitrogen and oxygen atoms in total. The van der Waals surface area contributed by atoms with Gasteiger partial charge in [-0.1, -0.05) is 28.1 Å². The van der Waals surface area contributed by atoms with Gasteiger partial charge in [0.1, 0.15) is 12.3 Å². The number of nitrogens with one attached hydrogen (secondary N) is 1. The SMILES string of the molecule is CCOC(=O)c1oc2c(C[NH+]3CCCC[C@H]3C)c(O)ccc2c(=O)c1-c1ccc(Br)cc1. The number of fused-ring (bicyclic) bond motifs is 1.